The Morgan fingerprint density at radius 1 is 1.19 bits per heavy atom. The van der Waals surface area contributed by atoms with Crippen molar-refractivity contribution >= 4 is 68.0 Å². The number of aryl methyl sites for hydroxylation is 1. The SMILES string of the molecule is COc1cc(C)c(Cl)c(NC(=O)c2csc3c(Nc4ccc(CN5CCOCC5)cn4)ncnc23)c1Cl. The molecule has 1 aliphatic rings. The third-order valence-corrected chi connectivity index (χ3v) is 7.83. The fourth-order valence-corrected chi connectivity index (χ4v) is 5.47. The molecule has 1 fully saturated rings. The lowest BCUT2D eigenvalue weighted by Gasteiger charge is -2.26. The second-order valence-electron chi connectivity index (χ2n) is 8.47. The molecular formula is C25H24Cl2N6O3S. The number of nitrogens with one attached hydrogen (secondary N) is 2. The van der Waals surface area contributed by atoms with Crippen LogP contribution in [0.15, 0.2) is 36.1 Å². The van der Waals surface area contributed by atoms with Crippen LogP contribution in [0, 0.1) is 6.92 Å². The first-order valence-electron chi connectivity index (χ1n) is 11.5. The highest BCUT2D eigenvalue weighted by Crippen LogP contribution is 2.41. The van der Waals surface area contributed by atoms with Crippen LogP contribution in [0.3, 0.4) is 0 Å². The maximum Gasteiger partial charge on any atom is 0.258 e. The number of carbonyl (C=O) groups excluding carboxylic acids is 1. The molecule has 0 saturated carbocycles. The van der Waals surface area contributed by atoms with E-state index in [1.54, 1.807) is 11.4 Å². The monoisotopic (exact) mass is 558 g/mol. The zero-order chi connectivity index (χ0) is 25.9. The van der Waals surface area contributed by atoms with Crippen molar-refractivity contribution in [3.05, 3.63) is 62.8 Å². The maximum atomic E-state index is 13.2. The lowest BCUT2D eigenvalue weighted by Crippen LogP contribution is -2.35. The van der Waals surface area contributed by atoms with Crippen LogP contribution in [0.4, 0.5) is 17.3 Å². The van der Waals surface area contributed by atoms with Crippen molar-refractivity contribution in [3.8, 4) is 5.75 Å². The van der Waals surface area contributed by atoms with E-state index in [1.165, 1.54) is 24.8 Å². The highest BCUT2D eigenvalue weighted by atomic mass is 35.5. The summed E-state index contributed by atoms with van der Waals surface area (Å²) in [5.74, 6) is 1.25. The van der Waals surface area contributed by atoms with Crippen molar-refractivity contribution < 1.29 is 14.3 Å². The average molecular weight is 559 g/mol. The Kier molecular flexibility index (Phi) is 7.73. The summed E-state index contributed by atoms with van der Waals surface area (Å²) in [6.45, 7) is 6.00. The van der Waals surface area contributed by atoms with E-state index in [4.69, 9.17) is 32.7 Å². The van der Waals surface area contributed by atoms with Crippen molar-refractivity contribution in [1.82, 2.24) is 19.9 Å². The smallest absolute Gasteiger partial charge is 0.258 e. The number of nitrogens with zero attached hydrogens (tertiary/aromatic N) is 4. The van der Waals surface area contributed by atoms with E-state index in [0.717, 1.165) is 48.7 Å². The molecule has 1 amide bonds. The summed E-state index contributed by atoms with van der Waals surface area (Å²) in [5, 5.41) is 8.36. The maximum absolute atomic E-state index is 13.2. The molecule has 0 spiro atoms. The van der Waals surface area contributed by atoms with E-state index in [-0.39, 0.29) is 5.02 Å². The molecule has 0 atom stereocenters. The number of halogens is 2. The van der Waals surface area contributed by atoms with Crippen molar-refractivity contribution in [2.75, 3.05) is 44.0 Å². The zero-order valence-electron chi connectivity index (χ0n) is 20.2. The molecule has 1 aromatic carbocycles. The van der Waals surface area contributed by atoms with Gasteiger partial charge in [0, 0.05) is 31.2 Å². The van der Waals surface area contributed by atoms with Gasteiger partial charge in [-0.3, -0.25) is 9.69 Å². The van der Waals surface area contributed by atoms with E-state index < -0.39 is 5.91 Å². The van der Waals surface area contributed by atoms with Gasteiger partial charge in [0.25, 0.3) is 5.91 Å². The summed E-state index contributed by atoms with van der Waals surface area (Å²) in [6.07, 6.45) is 3.27. The van der Waals surface area contributed by atoms with Crippen molar-refractivity contribution in [2.24, 2.45) is 0 Å². The summed E-state index contributed by atoms with van der Waals surface area (Å²) in [7, 11) is 1.50. The van der Waals surface area contributed by atoms with Crippen LogP contribution < -0.4 is 15.4 Å². The molecule has 192 valence electrons. The summed E-state index contributed by atoms with van der Waals surface area (Å²) in [5.41, 5.74) is 3.03. The number of hydrogen-bond acceptors (Lipinski definition) is 9. The summed E-state index contributed by atoms with van der Waals surface area (Å²) in [4.78, 5) is 28.8. The van der Waals surface area contributed by atoms with Gasteiger partial charge in [0.1, 0.15) is 22.9 Å². The molecule has 0 radical (unpaired) electrons. The second kappa shape index (κ2) is 11.2. The minimum Gasteiger partial charge on any atom is -0.495 e. The topological polar surface area (TPSA) is 102 Å². The number of benzene rings is 1. The van der Waals surface area contributed by atoms with Gasteiger partial charge in [-0.05, 0) is 30.2 Å². The molecule has 9 nitrogen and oxygen atoms in total. The molecule has 0 bridgehead atoms. The summed E-state index contributed by atoms with van der Waals surface area (Å²) >= 11 is 14.2. The quantitative estimate of drug-likeness (QED) is 0.305. The number of aromatic nitrogens is 3. The number of pyridine rings is 1. The standard InChI is InChI=1S/C25H24Cl2N6O3S/c1-14-9-17(35-2)20(27)22(19(14)26)32-25(34)16-12-37-23-21(16)29-13-30-24(23)31-18-4-3-15(10-28-18)11-33-5-7-36-8-6-33/h3-4,9-10,12-13H,5-8,11H2,1-2H3,(H,32,34)(H,28,29,30,31). The second-order valence-corrected chi connectivity index (χ2v) is 10.1. The number of ether oxygens (including phenoxy) is 2. The normalized spacial score (nSPS) is 14.1. The molecule has 5 rings (SSSR count). The van der Waals surface area contributed by atoms with Crippen molar-refractivity contribution in [1.29, 1.82) is 0 Å². The molecule has 37 heavy (non-hydrogen) atoms. The molecule has 1 saturated heterocycles. The Hall–Kier alpha value is -3.02. The van der Waals surface area contributed by atoms with Crippen LogP contribution in [0.25, 0.3) is 10.2 Å². The van der Waals surface area contributed by atoms with Gasteiger partial charge in [-0.2, -0.15) is 0 Å². The van der Waals surface area contributed by atoms with Gasteiger partial charge in [-0.15, -0.1) is 11.3 Å². The van der Waals surface area contributed by atoms with Crippen LogP contribution >= 0.6 is 34.5 Å². The number of anilines is 3. The fourth-order valence-electron chi connectivity index (χ4n) is 4.01. The molecule has 3 aromatic heterocycles. The number of thiophene rings is 1. The molecule has 2 N–H and O–H groups in total. The molecule has 1 aliphatic heterocycles. The Morgan fingerprint density at radius 3 is 2.73 bits per heavy atom. The number of rotatable bonds is 7. The zero-order valence-corrected chi connectivity index (χ0v) is 22.5. The van der Waals surface area contributed by atoms with E-state index in [9.17, 15) is 4.79 Å². The van der Waals surface area contributed by atoms with Gasteiger partial charge in [0.2, 0.25) is 0 Å². The first-order chi connectivity index (χ1) is 17.9. The predicted molar refractivity (Wildman–Crippen MR) is 147 cm³/mol. The number of fused-ring (bicyclic) bond motifs is 1. The fraction of sp³-hybridized carbons (Fsp3) is 0.280. The lowest BCUT2D eigenvalue weighted by atomic mass is 10.2. The number of amides is 1. The minimum absolute atomic E-state index is 0.228. The number of morpholine rings is 1. The van der Waals surface area contributed by atoms with Gasteiger partial charge in [-0.25, -0.2) is 15.0 Å². The van der Waals surface area contributed by atoms with Crippen molar-refractivity contribution in [3.63, 3.8) is 0 Å². The number of carbonyl (C=O) groups is 1. The molecule has 4 aromatic rings. The Balaban J connectivity index is 1.35. The summed E-state index contributed by atoms with van der Waals surface area (Å²) < 4.78 is 11.4. The Morgan fingerprint density at radius 2 is 2.00 bits per heavy atom. The largest absolute Gasteiger partial charge is 0.495 e. The van der Waals surface area contributed by atoms with Crippen molar-refractivity contribution in [2.45, 2.75) is 13.5 Å². The van der Waals surface area contributed by atoms with Gasteiger partial charge in [-0.1, -0.05) is 29.3 Å². The molecular weight excluding hydrogens is 535 g/mol. The van der Waals surface area contributed by atoms with Gasteiger partial charge < -0.3 is 20.1 Å². The van der Waals surface area contributed by atoms with Gasteiger partial charge in [0.15, 0.2) is 5.82 Å². The van der Waals surface area contributed by atoms with Crippen LogP contribution in [0.1, 0.15) is 21.5 Å². The first-order valence-corrected chi connectivity index (χ1v) is 13.2. The third-order valence-electron chi connectivity index (χ3n) is 5.99. The van der Waals surface area contributed by atoms with E-state index in [1.807, 2.05) is 25.3 Å². The summed E-state index contributed by atoms with van der Waals surface area (Å²) in [6, 6.07) is 5.68. The average Bonchev–Trinajstić information content (AvgIpc) is 3.36. The lowest BCUT2D eigenvalue weighted by molar-refractivity contribution is 0.0341. The predicted octanol–water partition coefficient (Wildman–Crippen LogP) is 5.54. The number of hydrogen-bond donors (Lipinski definition) is 2. The molecule has 4 heterocycles. The van der Waals surface area contributed by atoms with E-state index >= 15 is 0 Å². The highest BCUT2D eigenvalue weighted by Gasteiger charge is 2.21. The van der Waals surface area contributed by atoms with Crippen LogP contribution in [-0.2, 0) is 11.3 Å². The van der Waals surface area contributed by atoms with Crippen LogP contribution in [0.5, 0.6) is 5.75 Å². The van der Waals surface area contributed by atoms with Gasteiger partial charge in [0.05, 0.1) is 46.8 Å². The minimum atomic E-state index is -0.391. The number of methoxy groups -OCH3 is 1. The van der Waals surface area contributed by atoms with E-state index in [2.05, 4.69) is 30.5 Å². The third kappa shape index (κ3) is 5.48. The Bertz CT molecular complexity index is 1440. The van der Waals surface area contributed by atoms with Crippen LogP contribution in [0.2, 0.25) is 10.0 Å². The van der Waals surface area contributed by atoms with E-state index in [0.29, 0.717) is 39.2 Å². The first kappa shape index (κ1) is 25.6. The van der Waals surface area contributed by atoms with Crippen LogP contribution in [-0.4, -0.2) is 59.2 Å². The highest BCUT2D eigenvalue weighted by molar-refractivity contribution is 7.18. The van der Waals surface area contributed by atoms with Gasteiger partial charge >= 0.3 is 0 Å². The Labute approximate surface area is 227 Å². The molecule has 0 aliphatic carbocycles. The molecule has 0 unspecified atom stereocenters. The molecule has 12 heteroatoms.